The van der Waals surface area contributed by atoms with E-state index in [1.54, 1.807) is 0 Å². The molecule has 0 bridgehead atoms. The molecule has 4 nitrogen and oxygen atoms in total. The van der Waals surface area contributed by atoms with Gasteiger partial charge in [0.2, 0.25) is 5.91 Å². The summed E-state index contributed by atoms with van der Waals surface area (Å²) >= 11 is 2.99. The molecule has 0 spiro atoms. The molecule has 1 amide bonds. The normalized spacial score (nSPS) is 10.8. The van der Waals surface area contributed by atoms with Crippen molar-refractivity contribution in [2.75, 3.05) is 17.7 Å². The minimum Gasteiger partial charge on any atom is -0.494 e. The van der Waals surface area contributed by atoms with Crippen LogP contribution in [0.4, 0.5) is 5.13 Å². The van der Waals surface area contributed by atoms with Gasteiger partial charge in [0.1, 0.15) is 5.75 Å². The number of anilines is 1. The van der Waals surface area contributed by atoms with Crippen molar-refractivity contribution in [2.45, 2.75) is 18.7 Å². The van der Waals surface area contributed by atoms with Crippen LogP contribution in [0.5, 0.6) is 5.75 Å². The number of hydrogen-bond acceptors (Lipinski definition) is 5. The predicted octanol–water partition coefficient (Wildman–Crippen LogP) is 4.73. The van der Waals surface area contributed by atoms with E-state index in [1.165, 1.54) is 23.1 Å². The van der Waals surface area contributed by atoms with E-state index in [2.05, 4.69) is 10.3 Å². The number of hydrogen-bond donors (Lipinski definition) is 1. The maximum Gasteiger partial charge on any atom is 0.236 e. The molecule has 3 aromatic rings. The number of thiazole rings is 1. The average molecular weight is 358 g/mol. The van der Waals surface area contributed by atoms with Gasteiger partial charge in [-0.2, -0.15) is 0 Å². The van der Waals surface area contributed by atoms with E-state index in [9.17, 15) is 4.79 Å². The van der Waals surface area contributed by atoms with Gasteiger partial charge < -0.3 is 10.1 Å². The molecule has 6 heteroatoms. The Morgan fingerprint density at radius 2 is 2.04 bits per heavy atom. The number of carbonyl (C=O) groups excluding carboxylic acids is 1. The summed E-state index contributed by atoms with van der Waals surface area (Å²) in [6, 6.07) is 13.8. The first-order valence-electron chi connectivity index (χ1n) is 7.67. The van der Waals surface area contributed by atoms with Gasteiger partial charge >= 0.3 is 0 Å². The number of para-hydroxylation sites is 1. The summed E-state index contributed by atoms with van der Waals surface area (Å²) in [6.07, 6.45) is 0. The molecule has 124 valence electrons. The van der Waals surface area contributed by atoms with E-state index in [4.69, 9.17) is 4.74 Å². The number of rotatable bonds is 6. The fraction of sp³-hybridized carbons (Fsp3) is 0.222. The van der Waals surface area contributed by atoms with Gasteiger partial charge in [-0.1, -0.05) is 23.5 Å². The van der Waals surface area contributed by atoms with Crippen LogP contribution in [-0.2, 0) is 4.79 Å². The van der Waals surface area contributed by atoms with Gasteiger partial charge in [-0.25, -0.2) is 4.98 Å². The smallest absolute Gasteiger partial charge is 0.236 e. The number of amides is 1. The van der Waals surface area contributed by atoms with E-state index in [1.807, 2.05) is 56.3 Å². The van der Waals surface area contributed by atoms with Crippen LogP contribution >= 0.6 is 23.1 Å². The Balaban J connectivity index is 1.57. The number of thioether (sulfide) groups is 1. The number of benzene rings is 2. The molecule has 3 rings (SSSR count). The van der Waals surface area contributed by atoms with Gasteiger partial charge in [-0.05, 0) is 49.7 Å². The molecule has 0 radical (unpaired) electrons. The van der Waals surface area contributed by atoms with Crippen LogP contribution in [0.3, 0.4) is 0 Å². The van der Waals surface area contributed by atoms with Gasteiger partial charge in [0.25, 0.3) is 0 Å². The number of ether oxygens (including phenoxy) is 1. The Labute approximate surface area is 149 Å². The molecule has 1 heterocycles. The summed E-state index contributed by atoms with van der Waals surface area (Å²) in [5.41, 5.74) is 2.07. The summed E-state index contributed by atoms with van der Waals surface area (Å²) in [5.74, 6) is 1.14. The molecule has 0 aliphatic rings. The summed E-state index contributed by atoms with van der Waals surface area (Å²) < 4.78 is 6.50. The lowest BCUT2D eigenvalue weighted by Gasteiger charge is -2.05. The topological polar surface area (TPSA) is 51.2 Å². The Morgan fingerprint density at radius 1 is 1.25 bits per heavy atom. The molecule has 2 aromatic carbocycles. The number of aromatic nitrogens is 1. The van der Waals surface area contributed by atoms with Gasteiger partial charge in [0.15, 0.2) is 5.13 Å². The van der Waals surface area contributed by atoms with Crippen LogP contribution < -0.4 is 10.1 Å². The van der Waals surface area contributed by atoms with Crippen LogP contribution in [0, 0.1) is 6.92 Å². The first kappa shape index (κ1) is 16.8. The number of nitrogens with one attached hydrogen (secondary N) is 1. The highest BCUT2D eigenvalue weighted by Crippen LogP contribution is 2.28. The zero-order valence-corrected chi connectivity index (χ0v) is 15.2. The van der Waals surface area contributed by atoms with E-state index >= 15 is 0 Å². The molecule has 0 atom stereocenters. The van der Waals surface area contributed by atoms with Crippen LogP contribution in [0.25, 0.3) is 10.2 Å². The molecule has 0 saturated carbocycles. The van der Waals surface area contributed by atoms with E-state index in [0.717, 1.165) is 26.4 Å². The second-order valence-corrected chi connectivity index (χ2v) is 7.26. The number of aryl methyl sites for hydroxylation is 1. The first-order chi connectivity index (χ1) is 11.7. The summed E-state index contributed by atoms with van der Waals surface area (Å²) in [4.78, 5) is 17.7. The lowest BCUT2D eigenvalue weighted by atomic mass is 10.2. The van der Waals surface area contributed by atoms with Gasteiger partial charge in [0.05, 0.1) is 22.6 Å². The summed E-state index contributed by atoms with van der Waals surface area (Å²) in [7, 11) is 0. The number of fused-ring (bicyclic) bond motifs is 1. The third kappa shape index (κ3) is 4.07. The van der Waals surface area contributed by atoms with Crippen LogP contribution in [0.2, 0.25) is 0 Å². The highest BCUT2D eigenvalue weighted by Gasteiger charge is 2.09. The van der Waals surface area contributed by atoms with Gasteiger partial charge in [0, 0.05) is 4.90 Å². The first-order valence-corrected chi connectivity index (χ1v) is 9.47. The Morgan fingerprint density at radius 3 is 2.75 bits per heavy atom. The average Bonchev–Trinajstić information content (AvgIpc) is 2.98. The monoisotopic (exact) mass is 358 g/mol. The fourth-order valence-electron chi connectivity index (χ4n) is 2.24. The third-order valence-corrected chi connectivity index (χ3v) is 5.32. The van der Waals surface area contributed by atoms with Gasteiger partial charge in [-0.3, -0.25) is 4.79 Å². The van der Waals surface area contributed by atoms with Crippen molar-refractivity contribution >= 4 is 44.4 Å². The van der Waals surface area contributed by atoms with Crippen LogP contribution in [0.15, 0.2) is 47.4 Å². The molecular weight excluding hydrogens is 340 g/mol. The second-order valence-electron chi connectivity index (χ2n) is 5.18. The Hall–Kier alpha value is -2.05. The quantitative estimate of drug-likeness (QED) is 0.647. The molecule has 0 unspecified atom stereocenters. The van der Waals surface area contributed by atoms with Crippen molar-refractivity contribution in [1.29, 1.82) is 0 Å². The van der Waals surface area contributed by atoms with Crippen molar-refractivity contribution in [2.24, 2.45) is 0 Å². The van der Waals surface area contributed by atoms with Crippen molar-refractivity contribution in [3.8, 4) is 5.75 Å². The summed E-state index contributed by atoms with van der Waals surface area (Å²) in [6.45, 7) is 4.63. The zero-order valence-electron chi connectivity index (χ0n) is 13.5. The lowest BCUT2D eigenvalue weighted by Crippen LogP contribution is -2.13. The zero-order chi connectivity index (χ0) is 16.9. The minimum atomic E-state index is -0.0504. The third-order valence-electron chi connectivity index (χ3n) is 3.37. The van der Waals surface area contributed by atoms with Crippen molar-refractivity contribution in [1.82, 2.24) is 4.98 Å². The van der Waals surface area contributed by atoms with Gasteiger partial charge in [-0.15, -0.1) is 11.8 Å². The molecule has 0 aliphatic heterocycles. The molecule has 1 aromatic heterocycles. The van der Waals surface area contributed by atoms with Crippen molar-refractivity contribution < 1.29 is 9.53 Å². The lowest BCUT2D eigenvalue weighted by molar-refractivity contribution is -0.113. The summed E-state index contributed by atoms with van der Waals surface area (Å²) in [5, 5.41) is 3.53. The molecular formula is C18H18N2O2S2. The highest BCUT2D eigenvalue weighted by molar-refractivity contribution is 8.00. The predicted molar refractivity (Wildman–Crippen MR) is 101 cm³/mol. The largest absolute Gasteiger partial charge is 0.494 e. The van der Waals surface area contributed by atoms with Crippen LogP contribution in [-0.4, -0.2) is 23.3 Å². The Kier molecular flexibility index (Phi) is 5.37. The minimum absolute atomic E-state index is 0.0504. The van der Waals surface area contributed by atoms with E-state index < -0.39 is 0 Å². The van der Waals surface area contributed by atoms with Crippen molar-refractivity contribution in [3.05, 3.63) is 48.0 Å². The molecule has 0 aliphatic carbocycles. The number of nitrogens with zero attached hydrogens (tertiary/aromatic N) is 1. The molecule has 1 N–H and O–H groups in total. The maximum atomic E-state index is 12.1. The fourth-order valence-corrected chi connectivity index (χ4v) is 3.90. The molecule has 0 fully saturated rings. The second kappa shape index (κ2) is 7.68. The Bertz CT molecular complexity index is 844. The van der Waals surface area contributed by atoms with Crippen molar-refractivity contribution in [3.63, 3.8) is 0 Å². The standard InChI is InChI=1S/C18H18N2O2S2/c1-3-22-13-7-9-14(10-8-13)23-11-16(21)19-18-20-17-12(2)5-4-6-15(17)24-18/h4-10H,3,11H2,1-2H3,(H,19,20,21). The van der Waals surface area contributed by atoms with E-state index in [0.29, 0.717) is 17.5 Å². The number of carbonyl (C=O) groups is 1. The van der Waals surface area contributed by atoms with E-state index in [-0.39, 0.29) is 5.91 Å². The molecule has 24 heavy (non-hydrogen) atoms. The van der Waals surface area contributed by atoms with Crippen LogP contribution in [0.1, 0.15) is 12.5 Å². The molecule has 0 saturated heterocycles. The highest BCUT2D eigenvalue weighted by atomic mass is 32.2. The SMILES string of the molecule is CCOc1ccc(SCC(=O)Nc2nc3c(C)cccc3s2)cc1. The maximum absolute atomic E-state index is 12.1.